The second kappa shape index (κ2) is 7.11. The fourth-order valence-electron chi connectivity index (χ4n) is 3.02. The van der Waals surface area contributed by atoms with E-state index in [1.54, 1.807) is 0 Å². The van der Waals surface area contributed by atoms with Gasteiger partial charge in [-0.15, -0.1) is 0 Å². The van der Waals surface area contributed by atoms with Crippen LogP contribution in [0.1, 0.15) is 29.6 Å². The van der Waals surface area contributed by atoms with E-state index >= 15 is 0 Å². The number of hydrogen-bond donors (Lipinski definition) is 1. The monoisotopic (exact) mass is 304 g/mol. The molecule has 2 aliphatic heterocycles. The van der Waals surface area contributed by atoms with E-state index < -0.39 is 0 Å². The van der Waals surface area contributed by atoms with Gasteiger partial charge >= 0.3 is 0 Å². The van der Waals surface area contributed by atoms with E-state index in [1.165, 1.54) is 0 Å². The van der Waals surface area contributed by atoms with Gasteiger partial charge in [0.25, 0.3) is 5.91 Å². The molecule has 2 aliphatic rings. The highest BCUT2D eigenvalue weighted by molar-refractivity contribution is 5.94. The Kier molecular flexibility index (Phi) is 4.95. The summed E-state index contributed by atoms with van der Waals surface area (Å²) in [5.74, 6) is 0.788. The minimum atomic E-state index is 0.0521. The Hall–Kier alpha value is -1.59. The van der Waals surface area contributed by atoms with Crippen LogP contribution in [0.25, 0.3) is 0 Å². The fourth-order valence-corrected chi connectivity index (χ4v) is 3.02. The molecule has 120 valence electrons. The van der Waals surface area contributed by atoms with Crippen LogP contribution in [0.4, 0.5) is 0 Å². The van der Waals surface area contributed by atoms with Crippen molar-refractivity contribution in [3.05, 3.63) is 29.8 Å². The van der Waals surface area contributed by atoms with Crippen molar-refractivity contribution in [3.63, 3.8) is 0 Å². The number of carbonyl (C=O) groups is 1. The number of benzene rings is 1. The van der Waals surface area contributed by atoms with Crippen molar-refractivity contribution >= 4 is 5.91 Å². The molecule has 0 spiro atoms. The Balaban J connectivity index is 1.60. The van der Waals surface area contributed by atoms with Gasteiger partial charge in [0.05, 0.1) is 6.10 Å². The molecule has 2 atom stereocenters. The molecule has 1 amide bonds. The van der Waals surface area contributed by atoms with Crippen LogP contribution in [-0.4, -0.2) is 56.3 Å². The van der Waals surface area contributed by atoms with E-state index in [-0.39, 0.29) is 18.1 Å². The first kappa shape index (κ1) is 15.3. The van der Waals surface area contributed by atoms with Gasteiger partial charge in [0.15, 0.2) is 0 Å². The van der Waals surface area contributed by atoms with Crippen LogP contribution in [0.3, 0.4) is 0 Å². The number of nitrogens with one attached hydrogen (secondary N) is 1. The molecule has 1 aromatic carbocycles. The van der Waals surface area contributed by atoms with Crippen LogP contribution < -0.4 is 10.1 Å². The molecule has 2 saturated heterocycles. The summed E-state index contributed by atoms with van der Waals surface area (Å²) in [6.45, 7) is 3.23. The van der Waals surface area contributed by atoms with E-state index in [4.69, 9.17) is 9.47 Å². The number of amides is 1. The molecular weight excluding hydrogens is 280 g/mol. The SMILES string of the molecule is CN(C(=O)c1cccc(OCC2CCCO2)c1)C1CCNC1. The van der Waals surface area contributed by atoms with Gasteiger partial charge in [-0.05, 0) is 44.0 Å². The summed E-state index contributed by atoms with van der Waals surface area (Å²) < 4.78 is 11.3. The molecular formula is C17H24N2O3. The van der Waals surface area contributed by atoms with E-state index in [1.807, 2.05) is 36.2 Å². The normalized spacial score (nSPS) is 24.4. The molecule has 22 heavy (non-hydrogen) atoms. The number of hydrogen-bond acceptors (Lipinski definition) is 4. The van der Waals surface area contributed by atoms with Gasteiger partial charge in [-0.2, -0.15) is 0 Å². The number of nitrogens with zero attached hydrogens (tertiary/aromatic N) is 1. The standard InChI is InChI=1S/C17H24N2O3/c1-19(14-7-8-18-11-14)17(20)13-4-2-5-15(10-13)22-12-16-6-3-9-21-16/h2,4-5,10,14,16,18H,3,6-9,11-12H2,1H3. The molecule has 0 saturated carbocycles. The third kappa shape index (κ3) is 3.59. The van der Waals surface area contributed by atoms with Crippen LogP contribution in [0.2, 0.25) is 0 Å². The summed E-state index contributed by atoms with van der Waals surface area (Å²) in [5, 5.41) is 3.29. The third-order valence-corrected chi connectivity index (χ3v) is 4.44. The quantitative estimate of drug-likeness (QED) is 0.899. The van der Waals surface area contributed by atoms with Crippen molar-refractivity contribution in [1.29, 1.82) is 0 Å². The molecule has 0 aliphatic carbocycles. The highest BCUT2D eigenvalue weighted by Crippen LogP contribution is 2.19. The maximum absolute atomic E-state index is 12.6. The van der Waals surface area contributed by atoms with Crippen molar-refractivity contribution in [1.82, 2.24) is 10.2 Å². The van der Waals surface area contributed by atoms with Gasteiger partial charge < -0.3 is 19.7 Å². The van der Waals surface area contributed by atoms with Gasteiger partial charge in [-0.25, -0.2) is 0 Å². The lowest BCUT2D eigenvalue weighted by atomic mass is 10.1. The zero-order valence-electron chi connectivity index (χ0n) is 13.1. The lowest BCUT2D eigenvalue weighted by molar-refractivity contribution is 0.0677. The van der Waals surface area contributed by atoms with Crippen LogP contribution >= 0.6 is 0 Å². The van der Waals surface area contributed by atoms with Gasteiger partial charge in [0.2, 0.25) is 0 Å². The van der Waals surface area contributed by atoms with Crippen LogP contribution in [0.5, 0.6) is 5.75 Å². The van der Waals surface area contributed by atoms with Crippen molar-refractivity contribution < 1.29 is 14.3 Å². The summed E-state index contributed by atoms with van der Waals surface area (Å²) in [7, 11) is 1.87. The first-order valence-corrected chi connectivity index (χ1v) is 8.06. The highest BCUT2D eigenvalue weighted by Gasteiger charge is 2.24. The minimum Gasteiger partial charge on any atom is -0.491 e. The van der Waals surface area contributed by atoms with Crippen LogP contribution in [0, 0.1) is 0 Å². The van der Waals surface area contributed by atoms with E-state index in [0.717, 1.165) is 44.7 Å². The topological polar surface area (TPSA) is 50.8 Å². The average Bonchev–Trinajstić information content (AvgIpc) is 3.25. The molecule has 0 aromatic heterocycles. The van der Waals surface area contributed by atoms with Gasteiger partial charge in [0.1, 0.15) is 12.4 Å². The first-order valence-electron chi connectivity index (χ1n) is 8.06. The zero-order valence-corrected chi connectivity index (χ0v) is 13.1. The van der Waals surface area contributed by atoms with E-state index in [2.05, 4.69) is 5.32 Å². The molecule has 2 unspecified atom stereocenters. The van der Waals surface area contributed by atoms with Gasteiger partial charge in [0, 0.05) is 31.8 Å². The van der Waals surface area contributed by atoms with Crippen LogP contribution in [-0.2, 0) is 4.74 Å². The Morgan fingerprint density at radius 3 is 3.09 bits per heavy atom. The maximum Gasteiger partial charge on any atom is 0.254 e. The summed E-state index contributed by atoms with van der Waals surface area (Å²) in [6, 6.07) is 7.72. The molecule has 0 radical (unpaired) electrons. The maximum atomic E-state index is 12.6. The molecule has 3 rings (SSSR count). The molecule has 2 heterocycles. The highest BCUT2D eigenvalue weighted by atomic mass is 16.5. The van der Waals surface area contributed by atoms with E-state index in [9.17, 15) is 4.79 Å². The van der Waals surface area contributed by atoms with Crippen LogP contribution in [0.15, 0.2) is 24.3 Å². The van der Waals surface area contributed by atoms with E-state index in [0.29, 0.717) is 12.2 Å². The average molecular weight is 304 g/mol. The van der Waals surface area contributed by atoms with Gasteiger partial charge in [-0.1, -0.05) is 6.07 Å². The molecule has 0 bridgehead atoms. The predicted octanol–water partition coefficient (Wildman–Crippen LogP) is 1.68. The Bertz CT molecular complexity index is 508. The molecule has 5 nitrogen and oxygen atoms in total. The van der Waals surface area contributed by atoms with Crippen molar-refractivity contribution in [2.24, 2.45) is 0 Å². The summed E-state index contributed by atoms with van der Waals surface area (Å²) in [6.07, 6.45) is 3.35. The molecule has 2 fully saturated rings. The van der Waals surface area contributed by atoms with Crippen molar-refractivity contribution in [2.75, 3.05) is 33.4 Å². The summed E-state index contributed by atoms with van der Waals surface area (Å²) in [5.41, 5.74) is 0.680. The second-order valence-electron chi connectivity index (χ2n) is 6.04. The lowest BCUT2D eigenvalue weighted by Crippen LogP contribution is -2.38. The number of rotatable bonds is 5. The molecule has 1 aromatic rings. The molecule has 5 heteroatoms. The summed E-state index contributed by atoms with van der Waals surface area (Å²) >= 11 is 0. The number of carbonyl (C=O) groups excluding carboxylic acids is 1. The second-order valence-corrected chi connectivity index (χ2v) is 6.04. The number of ether oxygens (including phenoxy) is 2. The summed E-state index contributed by atoms with van der Waals surface area (Å²) in [4.78, 5) is 14.4. The Morgan fingerprint density at radius 2 is 2.36 bits per heavy atom. The largest absolute Gasteiger partial charge is 0.491 e. The minimum absolute atomic E-state index is 0.0521. The Labute approximate surface area is 131 Å². The third-order valence-electron chi connectivity index (χ3n) is 4.44. The zero-order chi connectivity index (χ0) is 15.4. The smallest absolute Gasteiger partial charge is 0.254 e. The van der Waals surface area contributed by atoms with Crippen molar-refractivity contribution in [3.8, 4) is 5.75 Å². The number of likely N-dealkylation sites (N-methyl/N-ethyl adjacent to an activating group) is 1. The first-order chi connectivity index (χ1) is 10.7. The van der Waals surface area contributed by atoms with Gasteiger partial charge in [-0.3, -0.25) is 4.79 Å². The fraction of sp³-hybridized carbons (Fsp3) is 0.588. The lowest BCUT2D eigenvalue weighted by Gasteiger charge is -2.24. The predicted molar refractivity (Wildman–Crippen MR) is 84.3 cm³/mol. The molecule has 1 N–H and O–H groups in total. The van der Waals surface area contributed by atoms with Crippen molar-refractivity contribution in [2.45, 2.75) is 31.4 Å². The Morgan fingerprint density at radius 1 is 1.45 bits per heavy atom.